The van der Waals surface area contributed by atoms with E-state index < -0.39 is 17.6 Å². The first-order chi connectivity index (χ1) is 10.8. The number of alkyl halides is 3. The van der Waals surface area contributed by atoms with Crippen molar-refractivity contribution in [3.8, 4) is 0 Å². The van der Waals surface area contributed by atoms with Crippen LogP contribution < -0.4 is 0 Å². The lowest BCUT2D eigenvalue weighted by molar-refractivity contribution is -0.140. The molecule has 0 saturated heterocycles. The van der Waals surface area contributed by atoms with Gasteiger partial charge in [0.25, 0.3) is 0 Å². The van der Waals surface area contributed by atoms with Crippen LogP contribution in [0.2, 0.25) is 0 Å². The topological polar surface area (TPSA) is 9.23 Å². The number of ether oxygens (including phenoxy) is 1. The molecule has 1 heterocycles. The fourth-order valence-corrected chi connectivity index (χ4v) is 2.92. The van der Waals surface area contributed by atoms with Crippen molar-refractivity contribution < 1.29 is 22.3 Å². The second kappa shape index (κ2) is 7.37. The molecule has 0 aliphatic carbocycles. The predicted molar refractivity (Wildman–Crippen MR) is 82.4 cm³/mol. The van der Waals surface area contributed by atoms with Crippen molar-refractivity contribution in [2.45, 2.75) is 64.7 Å². The second-order valence-electron chi connectivity index (χ2n) is 6.05. The molecular weight excluding hydrogens is 308 g/mol. The average Bonchev–Trinajstić information content (AvgIpc) is 2.47. The Labute approximate surface area is 134 Å². The highest BCUT2D eigenvalue weighted by atomic mass is 19.4. The van der Waals surface area contributed by atoms with Gasteiger partial charge in [0.2, 0.25) is 0 Å². The molecule has 0 radical (unpaired) electrons. The lowest BCUT2D eigenvalue weighted by Crippen LogP contribution is -2.16. The fourth-order valence-electron chi connectivity index (χ4n) is 2.92. The van der Waals surface area contributed by atoms with Crippen molar-refractivity contribution in [2.75, 3.05) is 0 Å². The first-order valence-corrected chi connectivity index (χ1v) is 8.05. The first-order valence-electron chi connectivity index (χ1n) is 8.05. The van der Waals surface area contributed by atoms with Crippen LogP contribution in [0.1, 0.15) is 62.1 Å². The fraction of sp³-hybridized carbons (Fsp3) is 0.556. The third-order valence-electron chi connectivity index (χ3n) is 4.25. The molecule has 0 amide bonds. The highest BCUT2D eigenvalue weighted by Crippen LogP contribution is 2.38. The number of rotatable bonds is 5. The largest absolute Gasteiger partial charge is 0.498 e. The SMILES string of the molecule is CCCCCC1CCC(c2ccc(C)c(C(F)(F)F)c2F)=CO1. The van der Waals surface area contributed by atoms with Crippen LogP contribution in [0.4, 0.5) is 17.6 Å². The molecule has 1 aliphatic rings. The van der Waals surface area contributed by atoms with Crippen LogP contribution in [0.15, 0.2) is 18.4 Å². The third kappa shape index (κ3) is 4.27. The zero-order valence-corrected chi connectivity index (χ0v) is 13.5. The van der Waals surface area contributed by atoms with Gasteiger partial charge in [0.1, 0.15) is 5.82 Å². The molecule has 0 spiro atoms. The van der Waals surface area contributed by atoms with Gasteiger partial charge in [0, 0.05) is 5.56 Å². The van der Waals surface area contributed by atoms with Crippen LogP contribution in [0.3, 0.4) is 0 Å². The minimum absolute atomic E-state index is 0.00469. The van der Waals surface area contributed by atoms with E-state index in [1.54, 1.807) is 0 Å². The molecule has 1 unspecified atom stereocenters. The van der Waals surface area contributed by atoms with Crippen molar-refractivity contribution in [1.29, 1.82) is 0 Å². The van der Waals surface area contributed by atoms with Crippen molar-refractivity contribution in [3.05, 3.63) is 40.9 Å². The molecule has 1 aromatic carbocycles. The van der Waals surface area contributed by atoms with Crippen LogP contribution in [-0.4, -0.2) is 6.10 Å². The van der Waals surface area contributed by atoms with Crippen molar-refractivity contribution in [3.63, 3.8) is 0 Å². The lowest BCUT2D eigenvalue weighted by atomic mass is 9.93. The highest BCUT2D eigenvalue weighted by molar-refractivity contribution is 5.67. The molecule has 128 valence electrons. The summed E-state index contributed by atoms with van der Waals surface area (Å²) in [4.78, 5) is 0. The van der Waals surface area contributed by atoms with Crippen LogP contribution in [-0.2, 0) is 10.9 Å². The Balaban J connectivity index is 2.17. The van der Waals surface area contributed by atoms with Crippen molar-refractivity contribution >= 4 is 5.57 Å². The monoisotopic (exact) mass is 330 g/mol. The first kappa shape index (κ1) is 17.8. The van der Waals surface area contributed by atoms with Gasteiger partial charge in [-0.1, -0.05) is 31.9 Å². The molecule has 0 N–H and O–H groups in total. The van der Waals surface area contributed by atoms with E-state index in [9.17, 15) is 17.6 Å². The maximum atomic E-state index is 14.3. The molecule has 0 aromatic heterocycles. The quantitative estimate of drug-likeness (QED) is 0.458. The van der Waals surface area contributed by atoms with Crippen LogP contribution >= 0.6 is 0 Å². The van der Waals surface area contributed by atoms with Crippen LogP contribution in [0.25, 0.3) is 5.57 Å². The van der Waals surface area contributed by atoms with Gasteiger partial charge in [-0.05, 0) is 43.7 Å². The highest BCUT2D eigenvalue weighted by Gasteiger charge is 2.37. The predicted octanol–water partition coefficient (Wildman–Crippen LogP) is 6.25. The molecule has 2 rings (SSSR count). The maximum Gasteiger partial charge on any atom is 0.419 e. The zero-order chi connectivity index (χ0) is 17.0. The van der Waals surface area contributed by atoms with Gasteiger partial charge in [-0.3, -0.25) is 0 Å². The third-order valence-corrected chi connectivity index (χ3v) is 4.25. The summed E-state index contributed by atoms with van der Waals surface area (Å²) in [7, 11) is 0. The van der Waals surface area contributed by atoms with E-state index in [4.69, 9.17) is 4.74 Å². The van der Waals surface area contributed by atoms with E-state index in [-0.39, 0.29) is 17.2 Å². The Morgan fingerprint density at radius 1 is 1.22 bits per heavy atom. The molecule has 1 nitrogen and oxygen atoms in total. The lowest BCUT2D eigenvalue weighted by Gasteiger charge is -2.24. The molecule has 0 bridgehead atoms. The standard InChI is InChI=1S/C18H22F4O/c1-3-4-5-6-14-9-8-13(11-23-14)15-10-7-12(2)16(17(15)19)18(20,21)22/h7,10-11,14H,3-6,8-9H2,1-2H3. The van der Waals surface area contributed by atoms with E-state index in [1.165, 1.54) is 25.3 Å². The Bertz CT molecular complexity index is 575. The summed E-state index contributed by atoms with van der Waals surface area (Å²) < 4.78 is 58.9. The zero-order valence-electron chi connectivity index (χ0n) is 13.5. The molecular formula is C18H22F4O. The number of allylic oxidation sites excluding steroid dienone is 1. The Morgan fingerprint density at radius 2 is 1.96 bits per heavy atom. The molecule has 5 heteroatoms. The van der Waals surface area contributed by atoms with Gasteiger partial charge in [-0.15, -0.1) is 0 Å². The van der Waals surface area contributed by atoms with Crippen molar-refractivity contribution in [2.24, 2.45) is 0 Å². The molecule has 1 aliphatic heterocycles. The number of hydrogen-bond acceptors (Lipinski definition) is 1. The van der Waals surface area contributed by atoms with Crippen LogP contribution in [0.5, 0.6) is 0 Å². The number of halogens is 4. The van der Waals surface area contributed by atoms with Gasteiger partial charge in [-0.2, -0.15) is 13.2 Å². The summed E-state index contributed by atoms with van der Waals surface area (Å²) in [6.07, 6.45) is 2.35. The molecule has 23 heavy (non-hydrogen) atoms. The van der Waals surface area contributed by atoms with E-state index in [1.807, 2.05) is 0 Å². The second-order valence-corrected chi connectivity index (χ2v) is 6.05. The van der Waals surface area contributed by atoms with E-state index in [2.05, 4.69) is 6.92 Å². The van der Waals surface area contributed by atoms with Gasteiger partial charge >= 0.3 is 6.18 Å². The van der Waals surface area contributed by atoms with Gasteiger partial charge < -0.3 is 4.74 Å². The van der Waals surface area contributed by atoms with Gasteiger partial charge in [0.15, 0.2) is 0 Å². The molecule has 1 atom stereocenters. The summed E-state index contributed by atoms with van der Waals surface area (Å²) in [5.41, 5.74) is -0.788. The number of benzene rings is 1. The number of unbranched alkanes of at least 4 members (excludes halogenated alkanes) is 2. The molecule has 0 saturated carbocycles. The maximum absolute atomic E-state index is 14.3. The summed E-state index contributed by atoms with van der Waals surface area (Å²) in [5.74, 6) is -1.20. The van der Waals surface area contributed by atoms with E-state index in [0.717, 1.165) is 25.7 Å². The average molecular weight is 330 g/mol. The van der Waals surface area contributed by atoms with Gasteiger partial charge in [-0.25, -0.2) is 4.39 Å². The summed E-state index contributed by atoms with van der Waals surface area (Å²) in [5, 5.41) is 0. The normalized spacial score (nSPS) is 18.5. The minimum Gasteiger partial charge on any atom is -0.498 e. The van der Waals surface area contributed by atoms with E-state index in [0.29, 0.717) is 18.4 Å². The Morgan fingerprint density at radius 3 is 2.52 bits per heavy atom. The smallest absolute Gasteiger partial charge is 0.419 e. The van der Waals surface area contributed by atoms with Crippen molar-refractivity contribution in [1.82, 2.24) is 0 Å². The minimum atomic E-state index is -4.69. The summed E-state index contributed by atoms with van der Waals surface area (Å²) in [6.45, 7) is 3.39. The summed E-state index contributed by atoms with van der Waals surface area (Å²) in [6, 6.07) is 2.72. The van der Waals surface area contributed by atoms with Crippen LogP contribution in [0, 0.1) is 12.7 Å². The molecule has 1 aromatic rings. The van der Waals surface area contributed by atoms with E-state index >= 15 is 0 Å². The Kier molecular flexibility index (Phi) is 5.71. The number of aryl methyl sites for hydroxylation is 1. The Hall–Kier alpha value is -1.52. The summed E-state index contributed by atoms with van der Waals surface area (Å²) >= 11 is 0. The molecule has 0 fully saturated rings. The van der Waals surface area contributed by atoms with Gasteiger partial charge in [0.05, 0.1) is 17.9 Å². The number of hydrogen-bond donors (Lipinski definition) is 0.